The van der Waals surface area contributed by atoms with Crippen LogP contribution in [0.2, 0.25) is 0 Å². The highest BCUT2D eigenvalue weighted by molar-refractivity contribution is 4.88. The summed E-state index contributed by atoms with van der Waals surface area (Å²) in [5, 5.41) is 3.65. The summed E-state index contributed by atoms with van der Waals surface area (Å²) in [6.45, 7) is 0.652. The van der Waals surface area contributed by atoms with E-state index in [1.807, 2.05) is 0 Å². The van der Waals surface area contributed by atoms with E-state index in [0.29, 0.717) is 24.2 Å². The first kappa shape index (κ1) is 9.45. The van der Waals surface area contributed by atoms with E-state index in [9.17, 15) is 4.79 Å². The van der Waals surface area contributed by atoms with Gasteiger partial charge in [0.25, 0.3) is 0 Å². The molecule has 1 aromatic heterocycles. The van der Waals surface area contributed by atoms with Crippen LogP contribution in [0.5, 0.6) is 0 Å². The van der Waals surface area contributed by atoms with Crippen LogP contribution in [0.25, 0.3) is 0 Å². The van der Waals surface area contributed by atoms with Crippen LogP contribution in [0.4, 0.5) is 0 Å². The molecular formula is C9H15N3O2. The molecule has 0 amide bonds. The van der Waals surface area contributed by atoms with E-state index < -0.39 is 5.76 Å². The van der Waals surface area contributed by atoms with Gasteiger partial charge in [-0.2, -0.15) is 0 Å². The fourth-order valence-electron chi connectivity index (χ4n) is 1.95. The third-order valence-electron chi connectivity index (χ3n) is 3.06. The van der Waals surface area contributed by atoms with Gasteiger partial charge in [0.1, 0.15) is 0 Å². The zero-order chi connectivity index (χ0) is 9.97. The summed E-state index contributed by atoms with van der Waals surface area (Å²) < 4.78 is 4.44. The predicted octanol–water partition coefficient (Wildman–Crippen LogP) is 0.280. The van der Waals surface area contributed by atoms with Crippen LogP contribution in [0.15, 0.2) is 9.32 Å². The fourth-order valence-corrected chi connectivity index (χ4v) is 1.95. The van der Waals surface area contributed by atoms with Gasteiger partial charge < -0.3 is 5.73 Å². The number of hydrogen-bond donors (Lipinski definition) is 2. The van der Waals surface area contributed by atoms with Gasteiger partial charge in [0, 0.05) is 6.42 Å². The van der Waals surface area contributed by atoms with E-state index in [1.165, 1.54) is 19.3 Å². The van der Waals surface area contributed by atoms with Crippen molar-refractivity contribution >= 4 is 0 Å². The maximum absolute atomic E-state index is 10.7. The Morgan fingerprint density at radius 1 is 1.64 bits per heavy atom. The molecule has 0 radical (unpaired) electrons. The molecule has 0 aliphatic heterocycles. The summed E-state index contributed by atoms with van der Waals surface area (Å²) in [6.07, 6.45) is 4.54. The first-order valence-electron chi connectivity index (χ1n) is 5.04. The average molecular weight is 197 g/mol. The lowest BCUT2D eigenvalue weighted by Gasteiger charge is -2.32. The Kier molecular flexibility index (Phi) is 2.67. The minimum Gasteiger partial charge on any atom is -0.330 e. The average Bonchev–Trinajstić information content (AvgIpc) is 2.47. The Morgan fingerprint density at radius 3 is 2.86 bits per heavy atom. The number of nitrogens with one attached hydrogen (secondary N) is 1. The number of nitrogens with zero attached hydrogens (tertiary/aromatic N) is 1. The molecule has 1 aliphatic rings. The monoisotopic (exact) mass is 197 g/mol. The standard InChI is InChI=1S/C9H15N3O2/c10-5-7(6-2-1-3-6)4-8-11-9(13)14-12-8/h6-7H,1-5,10H2,(H,11,12,13). The van der Waals surface area contributed by atoms with E-state index in [0.717, 1.165) is 6.42 Å². The second-order valence-corrected chi connectivity index (χ2v) is 3.93. The second kappa shape index (κ2) is 3.96. The molecular weight excluding hydrogens is 182 g/mol. The number of nitrogens with two attached hydrogens (primary N) is 1. The quantitative estimate of drug-likeness (QED) is 0.726. The van der Waals surface area contributed by atoms with Crippen LogP contribution in [-0.4, -0.2) is 16.7 Å². The Hall–Kier alpha value is -1.10. The molecule has 1 unspecified atom stereocenters. The molecule has 1 fully saturated rings. The van der Waals surface area contributed by atoms with Crippen molar-refractivity contribution in [1.82, 2.24) is 10.1 Å². The summed E-state index contributed by atoms with van der Waals surface area (Å²) in [5.41, 5.74) is 5.69. The maximum atomic E-state index is 10.7. The molecule has 14 heavy (non-hydrogen) atoms. The lowest BCUT2D eigenvalue weighted by molar-refractivity contribution is 0.206. The topological polar surface area (TPSA) is 84.9 Å². The van der Waals surface area contributed by atoms with Gasteiger partial charge in [-0.05, 0) is 18.4 Å². The minimum atomic E-state index is -0.482. The second-order valence-electron chi connectivity index (χ2n) is 3.93. The van der Waals surface area contributed by atoms with Crippen molar-refractivity contribution in [2.75, 3.05) is 6.54 Å². The largest absolute Gasteiger partial charge is 0.438 e. The molecule has 0 spiro atoms. The molecule has 0 aromatic carbocycles. The molecule has 1 heterocycles. The molecule has 2 rings (SSSR count). The Labute approximate surface area is 81.7 Å². The van der Waals surface area contributed by atoms with Crippen LogP contribution in [0, 0.1) is 11.8 Å². The first-order chi connectivity index (χ1) is 6.79. The third-order valence-corrected chi connectivity index (χ3v) is 3.06. The van der Waals surface area contributed by atoms with Gasteiger partial charge in [0.15, 0.2) is 5.82 Å². The Bertz CT molecular complexity index is 340. The van der Waals surface area contributed by atoms with E-state index in [1.54, 1.807) is 0 Å². The molecule has 1 aromatic rings. The smallest absolute Gasteiger partial charge is 0.330 e. The lowest BCUT2D eigenvalue weighted by atomic mass is 9.74. The number of H-pyrrole nitrogens is 1. The van der Waals surface area contributed by atoms with Crippen LogP contribution in [0.3, 0.4) is 0 Å². The number of rotatable bonds is 4. The van der Waals surface area contributed by atoms with Gasteiger partial charge in [-0.3, -0.25) is 9.51 Å². The summed E-state index contributed by atoms with van der Waals surface area (Å²) in [5.74, 6) is 1.28. The van der Waals surface area contributed by atoms with Crippen molar-refractivity contribution in [3.05, 3.63) is 16.4 Å². The molecule has 5 nitrogen and oxygen atoms in total. The molecule has 1 atom stereocenters. The molecule has 3 N–H and O–H groups in total. The highest BCUT2D eigenvalue weighted by Crippen LogP contribution is 2.34. The molecule has 78 valence electrons. The number of aromatic nitrogens is 2. The Morgan fingerprint density at radius 2 is 2.43 bits per heavy atom. The van der Waals surface area contributed by atoms with Gasteiger partial charge in [-0.1, -0.05) is 24.4 Å². The minimum absolute atomic E-state index is 0.435. The number of hydrogen-bond acceptors (Lipinski definition) is 4. The van der Waals surface area contributed by atoms with E-state index >= 15 is 0 Å². The number of aromatic amines is 1. The van der Waals surface area contributed by atoms with Crippen LogP contribution in [0.1, 0.15) is 25.1 Å². The molecule has 5 heteroatoms. The summed E-state index contributed by atoms with van der Waals surface area (Å²) in [6, 6.07) is 0. The van der Waals surface area contributed by atoms with Crippen molar-refractivity contribution in [3.8, 4) is 0 Å². The summed E-state index contributed by atoms with van der Waals surface area (Å²) >= 11 is 0. The first-order valence-corrected chi connectivity index (χ1v) is 5.04. The van der Waals surface area contributed by atoms with E-state index in [2.05, 4.69) is 14.7 Å². The van der Waals surface area contributed by atoms with Gasteiger partial charge in [0.05, 0.1) is 0 Å². The van der Waals surface area contributed by atoms with Gasteiger partial charge in [-0.15, -0.1) is 0 Å². The zero-order valence-corrected chi connectivity index (χ0v) is 8.03. The van der Waals surface area contributed by atoms with Gasteiger partial charge in [0.2, 0.25) is 0 Å². The van der Waals surface area contributed by atoms with E-state index in [-0.39, 0.29) is 0 Å². The molecule has 1 aliphatic carbocycles. The lowest BCUT2D eigenvalue weighted by Crippen LogP contribution is -2.30. The normalized spacial score (nSPS) is 19.2. The SMILES string of the molecule is NCC(Cc1noc(=O)[nH]1)C1CCC1. The summed E-state index contributed by atoms with van der Waals surface area (Å²) in [4.78, 5) is 13.3. The molecule has 0 bridgehead atoms. The van der Waals surface area contributed by atoms with Gasteiger partial charge >= 0.3 is 5.76 Å². The molecule has 0 saturated heterocycles. The highest BCUT2D eigenvalue weighted by Gasteiger charge is 2.27. The van der Waals surface area contributed by atoms with Crippen LogP contribution >= 0.6 is 0 Å². The third kappa shape index (κ3) is 1.87. The van der Waals surface area contributed by atoms with Crippen molar-refractivity contribution in [2.45, 2.75) is 25.7 Å². The van der Waals surface area contributed by atoms with Crippen LogP contribution < -0.4 is 11.5 Å². The predicted molar refractivity (Wildman–Crippen MR) is 50.7 cm³/mol. The fraction of sp³-hybridized carbons (Fsp3) is 0.778. The zero-order valence-electron chi connectivity index (χ0n) is 8.03. The summed E-state index contributed by atoms with van der Waals surface area (Å²) in [7, 11) is 0. The van der Waals surface area contributed by atoms with Crippen molar-refractivity contribution in [2.24, 2.45) is 17.6 Å². The van der Waals surface area contributed by atoms with Crippen molar-refractivity contribution in [3.63, 3.8) is 0 Å². The molecule has 1 saturated carbocycles. The van der Waals surface area contributed by atoms with Crippen molar-refractivity contribution in [1.29, 1.82) is 0 Å². The maximum Gasteiger partial charge on any atom is 0.438 e. The van der Waals surface area contributed by atoms with Gasteiger partial charge in [-0.25, -0.2) is 4.79 Å². The van der Waals surface area contributed by atoms with E-state index in [4.69, 9.17) is 5.73 Å². The van der Waals surface area contributed by atoms with Crippen LogP contribution in [-0.2, 0) is 6.42 Å². The Balaban J connectivity index is 1.96. The van der Waals surface area contributed by atoms with Crippen molar-refractivity contribution < 1.29 is 4.52 Å². The highest BCUT2D eigenvalue weighted by atomic mass is 16.5.